The summed E-state index contributed by atoms with van der Waals surface area (Å²) >= 11 is 1.68. The van der Waals surface area contributed by atoms with E-state index in [-0.39, 0.29) is 42.7 Å². The van der Waals surface area contributed by atoms with Gasteiger partial charge in [0.1, 0.15) is 24.7 Å². The quantitative estimate of drug-likeness (QED) is 0.601. The Morgan fingerprint density at radius 3 is 2.73 bits per heavy atom. The van der Waals surface area contributed by atoms with Crippen molar-refractivity contribution in [3.8, 4) is 5.75 Å². The second kappa shape index (κ2) is 9.00. The first-order valence-corrected chi connectivity index (χ1v) is 11.1. The summed E-state index contributed by atoms with van der Waals surface area (Å²) in [6.45, 7) is 5.01. The lowest BCUT2D eigenvalue weighted by molar-refractivity contribution is -0.142. The Labute approximate surface area is 179 Å². The lowest BCUT2D eigenvalue weighted by atomic mass is 10.0. The molecule has 2 aromatic rings. The fourth-order valence-electron chi connectivity index (χ4n) is 3.81. The number of halogens is 1. The van der Waals surface area contributed by atoms with Crippen molar-refractivity contribution in [1.82, 2.24) is 9.80 Å². The third kappa shape index (κ3) is 4.56. The van der Waals surface area contributed by atoms with Crippen LogP contribution < -0.4 is 4.74 Å². The van der Waals surface area contributed by atoms with Crippen LogP contribution in [0.25, 0.3) is 0 Å². The van der Waals surface area contributed by atoms with E-state index >= 15 is 0 Å². The number of thiophene rings is 1. The van der Waals surface area contributed by atoms with Crippen molar-refractivity contribution in [2.75, 3.05) is 26.2 Å². The molecule has 158 valence electrons. The number of ether oxygens (including phenoxy) is 1. The van der Waals surface area contributed by atoms with E-state index in [1.54, 1.807) is 34.4 Å². The minimum Gasteiger partial charge on any atom is -0.491 e. The minimum atomic E-state index is -0.320. The number of rotatable bonds is 8. The van der Waals surface area contributed by atoms with Gasteiger partial charge in [0.25, 0.3) is 0 Å². The summed E-state index contributed by atoms with van der Waals surface area (Å²) in [5, 5.41) is 2.03. The van der Waals surface area contributed by atoms with Crippen molar-refractivity contribution < 1.29 is 18.7 Å². The first kappa shape index (κ1) is 20.6. The highest BCUT2D eigenvalue weighted by atomic mass is 32.1. The second-order valence-electron chi connectivity index (χ2n) is 7.70. The van der Waals surface area contributed by atoms with Gasteiger partial charge in [0.05, 0.1) is 6.04 Å². The van der Waals surface area contributed by atoms with Crippen LogP contribution in [0.2, 0.25) is 0 Å². The monoisotopic (exact) mass is 428 g/mol. The number of amides is 2. The number of benzene rings is 1. The van der Waals surface area contributed by atoms with E-state index in [0.717, 1.165) is 24.8 Å². The van der Waals surface area contributed by atoms with Gasteiger partial charge in [-0.05, 0) is 60.5 Å². The van der Waals surface area contributed by atoms with Gasteiger partial charge in [0, 0.05) is 23.9 Å². The molecule has 1 atom stereocenters. The lowest BCUT2D eigenvalue weighted by Crippen LogP contribution is -2.48. The van der Waals surface area contributed by atoms with E-state index in [0.29, 0.717) is 18.8 Å². The van der Waals surface area contributed by atoms with Crippen LogP contribution in [0.15, 0.2) is 48.4 Å². The first-order valence-electron chi connectivity index (χ1n) is 10.2. The highest BCUT2D eigenvalue weighted by Gasteiger charge is 2.36. The van der Waals surface area contributed by atoms with Crippen LogP contribution in [0.3, 0.4) is 0 Å². The summed E-state index contributed by atoms with van der Waals surface area (Å²) in [6, 6.07) is 7.67. The maximum atomic E-state index is 13.2. The van der Waals surface area contributed by atoms with Crippen molar-refractivity contribution in [2.24, 2.45) is 5.92 Å². The summed E-state index contributed by atoms with van der Waals surface area (Å²) in [6.07, 6.45) is 4.26. The van der Waals surface area contributed by atoms with Crippen LogP contribution >= 0.6 is 11.3 Å². The fraction of sp³-hybridized carbons (Fsp3) is 0.391. The maximum absolute atomic E-state index is 13.2. The molecule has 2 aliphatic rings. The molecule has 0 bridgehead atoms. The van der Waals surface area contributed by atoms with Crippen LogP contribution in [0.1, 0.15) is 29.3 Å². The highest BCUT2D eigenvalue weighted by molar-refractivity contribution is 7.10. The number of fused-ring (bicyclic) bond motifs is 1. The summed E-state index contributed by atoms with van der Waals surface area (Å²) in [5.41, 5.74) is 1.09. The number of hydrogen-bond acceptors (Lipinski definition) is 4. The van der Waals surface area contributed by atoms with E-state index in [1.807, 2.05) is 16.3 Å². The molecule has 5 nitrogen and oxygen atoms in total. The molecule has 0 N–H and O–H groups in total. The largest absolute Gasteiger partial charge is 0.491 e. The molecule has 1 aromatic carbocycles. The summed E-state index contributed by atoms with van der Waals surface area (Å²) < 4.78 is 19.1. The predicted octanol–water partition coefficient (Wildman–Crippen LogP) is 3.82. The van der Waals surface area contributed by atoms with E-state index in [4.69, 9.17) is 4.74 Å². The van der Waals surface area contributed by atoms with Crippen molar-refractivity contribution in [2.45, 2.75) is 25.3 Å². The zero-order chi connectivity index (χ0) is 21.1. The van der Waals surface area contributed by atoms with E-state index in [2.05, 4.69) is 6.58 Å². The molecule has 2 amide bonds. The lowest BCUT2D eigenvalue weighted by Gasteiger charge is -2.37. The Morgan fingerprint density at radius 2 is 2.03 bits per heavy atom. The zero-order valence-electron chi connectivity index (χ0n) is 16.8. The third-order valence-electron chi connectivity index (χ3n) is 5.55. The van der Waals surface area contributed by atoms with Crippen LogP contribution in [0.5, 0.6) is 5.75 Å². The Morgan fingerprint density at radius 1 is 1.27 bits per heavy atom. The topological polar surface area (TPSA) is 49.9 Å². The van der Waals surface area contributed by atoms with Crippen LogP contribution in [0.4, 0.5) is 4.39 Å². The van der Waals surface area contributed by atoms with Gasteiger partial charge < -0.3 is 14.5 Å². The highest BCUT2D eigenvalue weighted by Crippen LogP contribution is 2.35. The maximum Gasteiger partial charge on any atom is 0.242 e. The molecule has 1 saturated carbocycles. The van der Waals surface area contributed by atoms with Crippen molar-refractivity contribution in [3.63, 3.8) is 0 Å². The molecular formula is C23H25FN2O3S. The van der Waals surface area contributed by atoms with Gasteiger partial charge >= 0.3 is 0 Å². The molecule has 1 aliphatic heterocycles. The molecule has 0 spiro atoms. The van der Waals surface area contributed by atoms with Gasteiger partial charge in [0.15, 0.2) is 0 Å². The number of hydrogen-bond donors (Lipinski definition) is 0. The smallest absolute Gasteiger partial charge is 0.242 e. The van der Waals surface area contributed by atoms with E-state index < -0.39 is 0 Å². The summed E-state index contributed by atoms with van der Waals surface area (Å²) in [5.74, 6) is 0.245. The van der Waals surface area contributed by atoms with Gasteiger partial charge in [-0.1, -0.05) is 6.08 Å². The van der Waals surface area contributed by atoms with Crippen LogP contribution in [-0.2, 0) is 16.0 Å². The molecular weight excluding hydrogens is 403 g/mol. The number of carbonyl (C=O) groups is 2. The Bertz CT molecular complexity index is 923. The molecule has 0 radical (unpaired) electrons. The van der Waals surface area contributed by atoms with Gasteiger partial charge in [-0.3, -0.25) is 9.59 Å². The van der Waals surface area contributed by atoms with Crippen molar-refractivity contribution in [1.29, 1.82) is 0 Å². The predicted molar refractivity (Wildman–Crippen MR) is 114 cm³/mol. The van der Waals surface area contributed by atoms with Crippen molar-refractivity contribution in [3.05, 3.63) is 64.6 Å². The second-order valence-corrected chi connectivity index (χ2v) is 8.70. The molecule has 0 unspecified atom stereocenters. The van der Waals surface area contributed by atoms with Crippen LogP contribution in [0, 0.1) is 11.7 Å². The van der Waals surface area contributed by atoms with Crippen LogP contribution in [-0.4, -0.2) is 47.9 Å². The first-order chi connectivity index (χ1) is 14.6. The average Bonchev–Trinajstić information content (AvgIpc) is 3.49. The van der Waals surface area contributed by atoms with Gasteiger partial charge in [-0.25, -0.2) is 4.39 Å². The van der Waals surface area contributed by atoms with Gasteiger partial charge in [-0.15, -0.1) is 17.9 Å². The number of carbonyl (C=O) groups excluding carboxylic acids is 2. The molecule has 1 aromatic heterocycles. The molecule has 1 fully saturated rings. The molecule has 4 rings (SSSR count). The third-order valence-corrected chi connectivity index (χ3v) is 6.55. The van der Waals surface area contributed by atoms with Gasteiger partial charge in [0.2, 0.25) is 11.8 Å². The summed E-state index contributed by atoms with van der Waals surface area (Å²) in [4.78, 5) is 30.4. The molecule has 2 heterocycles. The number of nitrogens with zero attached hydrogens (tertiary/aromatic N) is 2. The summed E-state index contributed by atoms with van der Waals surface area (Å²) in [7, 11) is 0. The van der Waals surface area contributed by atoms with E-state index in [9.17, 15) is 14.0 Å². The SMILES string of the molecule is C=CCN(CC(=O)N1CCc2sccc2[C@@H]1COc1ccc(F)cc1)C(=O)C1CC1. The van der Waals surface area contributed by atoms with Gasteiger partial charge in [-0.2, -0.15) is 0 Å². The average molecular weight is 429 g/mol. The molecule has 7 heteroatoms. The molecule has 30 heavy (non-hydrogen) atoms. The Kier molecular flexibility index (Phi) is 6.18. The molecule has 1 aliphatic carbocycles. The normalized spacial score (nSPS) is 17.9. The Balaban J connectivity index is 1.49. The fourth-order valence-corrected chi connectivity index (χ4v) is 4.74. The van der Waals surface area contributed by atoms with E-state index in [1.165, 1.54) is 17.0 Å². The van der Waals surface area contributed by atoms with Crippen molar-refractivity contribution >= 4 is 23.2 Å². The Hall–Kier alpha value is -2.67. The standard InChI is InChI=1S/C23H25FN2O3S/c1-2-11-25(23(28)16-3-4-16)14-22(27)26-12-9-21-19(10-13-30-21)20(26)15-29-18-7-5-17(24)6-8-18/h2,5-8,10,13,16,20H,1,3-4,9,11-12,14-15H2/t20-/m0/s1. The minimum absolute atomic E-state index is 0.0376. The zero-order valence-corrected chi connectivity index (χ0v) is 17.6. The molecule has 0 saturated heterocycles.